The third kappa shape index (κ3) is 4.00. The summed E-state index contributed by atoms with van der Waals surface area (Å²) in [4.78, 5) is 14.9. The second-order valence-corrected chi connectivity index (χ2v) is 7.46. The molecule has 1 aliphatic rings. The molecule has 142 valence electrons. The zero-order valence-corrected chi connectivity index (χ0v) is 16.1. The lowest BCUT2D eigenvalue weighted by molar-refractivity contribution is 0.0713. The lowest BCUT2D eigenvalue weighted by Gasteiger charge is -2.32. The van der Waals surface area contributed by atoms with Crippen molar-refractivity contribution in [3.8, 4) is 11.1 Å². The molecule has 2 N–H and O–H groups in total. The first-order valence-electron chi connectivity index (χ1n) is 9.98. The van der Waals surface area contributed by atoms with Gasteiger partial charge in [0.05, 0.1) is 0 Å². The van der Waals surface area contributed by atoms with Crippen LogP contribution < -0.4 is 5.73 Å². The number of likely N-dealkylation sites (tertiary alicyclic amines) is 1. The van der Waals surface area contributed by atoms with Crippen LogP contribution in [0.4, 0.5) is 0 Å². The molecule has 0 atom stereocenters. The number of hydrogen-bond donors (Lipinski definition) is 1. The Balaban J connectivity index is 1.40. The van der Waals surface area contributed by atoms with E-state index < -0.39 is 0 Å². The zero-order valence-electron chi connectivity index (χ0n) is 16.1. The first kappa shape index (κ1) is 18.5. The summed E-state index contributed by atoms with van der Waals surface area (Å²) < 4.78 is 0. The van der Waals surface area contributed by atoms with Crippen LogP contribution in [0, 0.1) is 0 Å². The van der Waals surface area contributed by atoms with Crippen molar-refractivity contribution >= 4 is 5.91 Å². The van der Waals surface area contributed by atoms with E-state index in [4.69, 9.17) is 5.73 Å². The van der Waals surface area contributed by atoms with Crippen molar-refractivity contribution in [3.63, 3.8) is 0 Å². The highest BCUT2D eigenvalue weighted by Gasteiger charge is 2.24. The predicted octanol–water partition coefficient (Wildman–Crippen LogP) is 4.83. The molecule has 28 heavy (non-hydrogen) atoms. The second kappa shape index (κ2) is 8.41. The molecule has 3 aromatic carbocycles. The lowest BCUT2D eigenvalue weighted by atomic mass is 9.88. The fourth-order valence-electron chi connectivity index (χ4n) is 4.01. The molecule has 3 nitrogen and oxygen atoms in total. The Morgan fingerprint density at radius 2 is 1.54 bits per heavy atom. The summed E-state index contributed by atoms with van der Waals surface area (Å²) in [6.45, 7) is 2.18. The molecule has 1 amide bonds. The molecular weight excluding hydrogens is 344 g/mol. The molecule has 0 radical (unpaired) electrons. The summed E-state index contributed by atoms with van der Waals surface area (Å²) in [6, 6.07) is 26.8. The first-order valence-corrected chi connectivity index (χ1v) is 9.98. The van der Waals surface area contributed by atoms with E-state index in [9.17, 15) is 4.79 Å². The van der Waals surface area contributed by atoms with Crippen LogP contribution in [0.25, 0.3) is 11.1 Å². The molecule has 3 heteroatoms. The van der Waals surface area contributed by atoms with Gasteiger partial charge in [0.1, 0.15) is 0 Å². The van der Waals surface area contributed by atoms with Crippen LogP contribution in [0.15, 0.2) is 78.9 Å². The summed E-state index contributed by atoms with van der Waals surface area (Å²) in [5.74, 6) is 0.643. The third-order valence-corrected chi connectivity index (χ3v) is 5.68. The summed E-state index contributed by atoms with van der Waals surface area (Å²) in [7, 11) is 0. The van der Waals surface area contributed by atoms with Crippen molar-refractivity contribution in [1.29, 1.82) is 0 Å². The van der Waals surface area contributed by atoms with Crippen molar-refractivity contribution in [2.24, 2.45) is 5.73 Å². The van der Waals surface area contributed by atoms with Gasteiger partial charge in [-0.1, -0.05) is 66.7 Å². The SMILES string of the molecule is NCc1cccc(C2CCN(C(=O)c3ccc(-c4ccccc4)cc3)CC2)c1. The molecule has 1 aliphatic heterocycles. The van der Waals surface area contributed by atoms with E-state index in [0.717, 1.165) is 37.1 Å². The van der Waals surface area contributed by atoms with Crippen LogP contribution in [-0.2, 0) is 6.54 Å². The van der Waals surface area contributed by atoms with Crippen molar-refractivity contribution in [2.75, 3.05) is 13.1 Å². The molecule has 4 rings (SSSR count). The highest BCUT2D eigenvalue weighted by atomic mass is 16.2. The zero-order chi connectivity index (χ0) is 19.3. The maximum atomic E-state index is 12.9. The second-order valence-electron chi connectivity index (χ2n) is 7.46. The molecular formula is C25H26N2O. The van der Waals surface area contributed by atoms with Gasteiger partial charge in [-0.25, -0.2) is 0 Å². The highest BCUT2D eigenvalue weighted by Crippen LogP contribution is 2.29. The minimum Gasteiger partial charge on any atom is -0.339 e. The van der Waals surface area contributed by atoms with Gasteiger partial charge in [0.25, 0.3) is 5.91 Å². The minimum absolute atomic E-state index is 0.133. The lowest BCUT2D eigenvalue weighted by Crippen LogP contribution is -2.37. The quantitative estimate of drug-likeness (QED) is 0.715. The average molecular weight is 370 g/mol. The van der Waals surface area contributed by atoms with Gasteiger partial charge < -0.3 is 10.6 Å². The summed E-state index contributed by atoms with van der Waals surface area (Å²) in [6.07, 6.45) is 2.00. The van der Waals surface area contributed by atoms with Crippen LogP contribution in [-0.4, -0.2) is 23.9 Å². The Kier molecular flexibility index (Phi) is 5.54. The van der Waals surface area contributed by atoms with Crippen molar-refractivity contribution in [3.05, 3.63) is 95.6 Å². The van der Waals surface area contributed by atoms with Crippen LogP contribution in [0.3, 0.4) is 0 Å². The van der Waals surface area contributed by atoms with Crippen molar-refractivity contribution < 1.29 is 4.79 Å². The van der Waals surface area contributed by atoms with Gasteiger partial charge in [-0.3, -0.25) is 4.79 Å². The molecule has 0 spiro atoms. The van der Waals surface area contributed by atoms with E-state index in [1.54, 1.807) is 0 Å². The van der Waals surface area contributed by atoms with Crippen molar-refractivity contribution in [1.82, 2.24) is 4.90 Å². The Morgan fingerprint density at radius 3 is 2.21 bits per heavy atom. The molecule has 1 heterocycles. The maximum absolute atomic E-state index is 12.9. The van der Waals surface area contributed by atoms with E-state index in [0.29, 0.717) is 12.5 Å². The normalized spacial score (nSPS) is 14.8. The largest absolute Gasteiger partial charge is 0.339 e. The Hall–Kier alpha value is -2.91. The van der Waals surface area contributed by atoms with Crippen LogP contribution in [0.2, 0.25) is 0 Å². The van der Waals surface area contributed by atoms with E-state index in [1.807, 2.05) is 47.4 Å². The van der Waals surface area contributed by atoms with Gasteiger partial charge in [0, 0.05) is 25.2 Å². The topological polar surface area (TPSA) is 46.3 Å². The number of benzene rings is 3. The number of carbonyl (C=O) groups is 1. The fraction of sp³-hybridized carbons (Fsp3) is 0.240. The van der Waals surface area contributed by atoms with Crippen molar-refractivity contribution in [2.45, 2.75) is 25.3 Å². The Labute approximate surface area is 166 Å². The number of hydrogen-bond acceptors (Lipinski definition) is 2. The summed E-state index contributed by atoms with van der Waals surface area (Å²) in [5, 5.41) is 0. The van der Waals surface area contributed by atoms with E-state index in [2.05, 4.69) is 36.4 Å². The molecule has 3 aromatic rings. The van der Waals surface area contributed by atoms with Gasteiger partial charge in [-0.15, -0.1) is 0 Å². The van der Waals surface area contributed by atoms with Gasteiger partial charge in [0.2, 0.25) is 0 Å². The maximum Gasteiger partial charge on any atom is 0.253 e. The molecule has 0 unspecified atom stereocenters. The first-order chi connectivity index (χ1) is 13.7. The Morgan fingerprint density at radius 1 is 0.857 bits per heavy atom. The molecule has 0 saturated carbocycles. The number of nitrogens with zero attached hydrogens (tertiary/aromatic N) is 1. The van der Waals surface area contributed by atoms with Gasteiger partial charge in [0.15, 0.2) is 0 Å². The predicted molar refractivity (Wildman–Crippen MR) is 114 cm³/mol. The number of amides is 1. The van der Waals surface area contributed by atoms with E-state index in [-0.39, 0.29) is 5.91 Å². The van der Waals surface area contributed by atoms with E-state index in [1.165, 1.54) is 16.7 Å². The highest BCUT2D eigenvalue weighted by molar-refractivity contribution is 5.94. The molecule has 1 fully saturated rings. The number of carbonyl (C=O) groups excluding carboxylic acids is 1. The number of piperidine rings is 1. The average Bonchev–Trinajstić information content (AvgIpc) is 2.79. The van der Waals surface area contributed by atoms with Gasteiger partial charge >= 0.3 is 0 Å². The van der Waals surface area contributed by atoms with Crippen LogP contribution in [0.5, 0.6) is 0 Å². The molecule has 1 saturated heterocycles. The molecule has 0 aliphatic carbocycles. The minimum atomic E-state index is 0.133. The number of nitrogens with two attached hydrogens (primary N) is 1. The summed E-state index contributed by atoms with van der Waals surface area (Å²) >= 11 is 0. The molecule has 0 aromatic heterocycles. The van der Waals surface area contributed by atoms with Gasteiger partial charge in [-0.05, 0) is 53.1 Å². The number of rotatable bonds is 4. The van der Waals surface area contributed by atoms with Gasteiger partial charge in [-0.2, -0.15) is 0 Å². The monoisotopic (exact) mass is 370 g/mol. The van der Waals surface area contributed by atoms with Crippen LogP contribution >= 0.6 is 0 Å². The molecule has 0 bridgehead atoms. The third-order valence-electron chi connectivity index (χ3n) is 5.68. The smallest absolute Gasteiger partial charge is 0.253 e. The summed E-state index contributed by atoms with van der Waals surface area (Å²) in [5.41, 5.74) is 11.4. The van der Waals surface area contributed by atoms with Crippen LogP contribution in [0.1, 0.15) is 40.2 Å². The Bertz CT molecular complexity index is 926. The fourth-order valence-corrected chi connectivity index (χ4v) is 4.01. The standard InChI is InChI=1S/C25H26N2O/c26-18-19-5-4-8-24(17-19)22-13-15-27(16-14-22)25(28)23-11-9-21(10-12-23)20-6-2-1-3-7-20/h1-12,17,22H,13-16,18,26H2. The van der Waals surface area contributed by atoms with E-state index >= 15 is 0 Å².